The Morgan fingerprint density at radius 3 is 1.46 bits per heavy atom. The molecule has 0 amide bonds. The molecule has 0 saturated carbocycles. The summed E-state index contributed by atoms with van der Waals surface area (Å²) in [5, 5.41) is 3.76. The van der Waals surface area contributed by atoms with Crippen molar-refractivity contribution in [2.24, 2.45) is 0 Å². The standard InChI is InChI=1S/2C7H9N.C6H9NO/c2*1-2-7-5-3-4-6-8-7;1-3-6-4-5(2)8-7-6/h2*3-6H,2H2,1H3;4H,3H2,1-2H3. The predicted molar refractivity (Wildman–Crippen MR) is 97.8 cm³/mol. The van der Waals surface area contributed by atoms with Crippen molar-refractivity contribution in [2.45, 2.75) is 47.0 Å². The lowest BCUT2D eigenvalue weighted by atomic mass is 10.3. The van der Waals surface area contributed by atoms with E-state index in [1.807, 2.05) is 61.8 Å². The minimum atomic E-state index is 0.891. The molecule has 0 unspecified atom stereocenters. The molecule has 0 aliphatic carbocycles. The molecule has 0 N–H and O–H groups in total. The van der Waals surface area contributed by atoms with Crippen LogP contribution < -0.4 is 0 Å². The average Bonchev–Trinajstić information content (AvgIpc) is 3.09. The number of hydrogen-bond acceptors (Lipinski definition) is 4. The Hall–Kier alpha value is -2.49. The Balaban J connectivity index is 0.000000180. The molecule has 0 saturated heterocycles. The van der Waals surface area contributed by atoms with Gasteiger partial charge in [0.25, 0.3) is 0 Å². The maximum absolute atomic E-state index is 4.81. The third-order valence-corrected chi connectivity index (χ3v) is 3.22. The van der Waals surface area contributed by atoms with E-state index in [4.69, 9.17) is 4.52 Å². The van der Waals surface area contributed by atoms with E-state index in [-0.39, 0.29) is 0 Å². The minimum Gasteiger partial charge on any atom is -0.361 e. The van der Waals surface area contributed by atoms with Crippen LogP contribution in [-0.2, 0) is 19.3 Å². The van der Waals surface area contributed by atoms with Crippen LogP contribution in [0.2, 0.25) is 0 Å². The Labute approximate surface area is 145 Å². The lowest BCUT2D eigenvalue weighted by molar-refractivity contribution is 0.391. The molecule has 4 heteroatoms. The molecule has 0 aliphatic heterocycles. The van der Waals surface area contributed by atoms with Gasteiger partial charge in [0.05, 0.1) is 5.69 Å². The zero-order chi connectivity index (χ0) is 17.6. The summed E-state index contributed by atoms with van der Waals surface area (Å²) in [7, 11) is 0. The van der Waals surface area contributed by atoms with Gasteiger partial charge in [0.1, 0.15) is 5.76 Å². The quantitative estimate of drug-likeness (QED) is 0.692. The van der Waals surface area contributed by atoms with Crippen molar-refractivity contribution < 1.29 is 4.52 Å². The first-order valence-electron chi connectivity index (χ1n) is 8.41. The smallest absolute Gasteiger partial charge is 0.133 e. The van der Waals surface area contributed by atoms with Gasteiger partial charge in [0.2, 0.25) is 0 Å². The molecule has 0 spiro atoms. The molecule has 0 aliphatic rings. The van der Waals surface area contributed by atoms with Crippen LogP contribution in [0.1, 0.15) is 43.6 Å². The highest BCUT2D eigenvalue weighted by atomic mass is 16.5. The van der Waals surface area contributed by atoms with Gasteiger partial charge in [-0.3, -0.25) is 9.97 Å². The van der Waals surface area contributed by atoms with Gasteiger partial charge in [-0.15, -0.1) is 0 Å². The van der Waals surface area contributed by atoms with Crippen molar-refractivity contribution >= 4 is 0 Å². The maximum Gasteiger partial charge on any atom is 0.133 e. The fraction of sp³-hybridized carbons (Fsp3) is 0.350. The summed E-state index contributed by atoms with van der Waals surface area (Å²) in [4.78, 5) is 8.19. The zero-order valence-electron chi connectivity index (χ0n) is 15.1. The lowest BCUT2D eigenvalue weighted by Crippen LogP contribution is -1.81. The Bertz CT molecular complexity index is 611. The molecule has 128 valence electrons. The first-order chi connectivity index (χ1) is 11.7. The fourth-order valence-electron chi connectivity index (χ4n) is 1.80. The van der Waals surface area contributed by atoms with Crippen molar-refractivity contribution in [3.8, 4) is 0 Å². The monoisotopic (exact) mass is 325 g/mol. The van der Waals surface area contributed by atoms with Crippen LogP contribution >= 0.6 is 0 Å². The van der Waals surface area contributed by atoms with E-state index in [2.05, 4.69) is 35.9 Å². The van der Waals surface area contributed by atoms with Crippen LogP contribution in [-0.4, -0.2) is 15.1 Å². The second-order valence-electron chi connectivity index (χ2n) is 5.13. The van der Waals surface area contributed by atoms with Crippen molar-refractivity contribution in [2.75, 3.05) is 0 Å². The molecule has 0 atom stereocenters. The van der Waals surface area contributed by atoms with Gasteiger partial charge >= 0.3 is 0 Å². The van der Waals surface area contributed by atoms with Crippen LogP contribution in [0.15, 0.2) is 59.4 Å². The molecular weight excluding hydrogens is 298 g/mol. The Kier molecular flexibility index (Phi) is 9.78. The number of nitrogens with zero attached hydrogens (tertiary/aromatic N) is 3. The number of pyridine rings is 2. The molecule has 0 fully saturated rings. The van der Waals surface area contributed by atoms with Crippen molar-refractivity contribution in [1.82, 2.24) is 15.1 Å². The van der Waals surface area contributed by atoms with Crippen LogP contribution in [0.3, 0.4) is 0 Å². The third-order valence-electron chi connectivity index (χ3n) is 3.22. The van der Waals surface area contributed by atoms with Crippen LogP contribution in [0.5, 0.6) is 0 Å². The van der Waals surface area contributed by atoms with Gasteiger partial charge in [0.15, 0.2) is 0 Å². The SMILES string of the molecule is CCc1cc(C)on1.CCc1ccccn1.CCc1ccccn1. The van der Waals surface area contributed by atoms with Gasteiger partial charge in [-0.25, -0.2) is 0 Å². The zero-order valence-corrected chi connectivity index (χ0v) is 15.1. The molecule has 3 aromatic rings. The molecule has 24 heavy (non-hydrogen) atoms. The van der Waals surface area contributed by atoms with Gasteiger partial charge in [-0.2, -0.15) is 0 Å². The highest BCUT2D eigenvalue weighted by molar-refractivity contribution is 5.03. The summed E-state index contributed by atoms with van der Waals surface area (Å²) in [6.45, 7) is 8.15. The predicted octanol–water partition coefficient (Wildman–Crippen LogP) is 4.83. The average molecular weight is 325 g/mol. The van der Waals surface area contributed by atoms with Crippen LogP contribution in [0, 0.1) is 6.92 Å². The Morgan fingerprint density at radius 1 is 0.750 bits per heavy atom. The van der Waals surface area contributed by atoms with Gasteiger partial charge in [-0.1, -0.05) is 38.1 Å². The van der Waals surface area contributed by atoms with E-state index in [1.165, 1.54) is 0 Å². The van der Waals surface area contributed by atoms with Crippen molar-refractivity contribution in [3.63, 3.8) is 0 Å². The fourth-order valence-corrected chi connectivity index (χ4v) is 1.80. The van der Waals surface area contributed by atoms with E-state index in [0.29, 0.717) is 0 Å². The summed E-state index contributed by atoms with van der Waals surface area (Å²) in [5.41, 5.74) is 3.35. The molecule has 0 bridgehead atoms. The molecule has 3 aromatic heterocycles. The topological polar surface area (TPSA) is 51.8 Å². The highest BCUT2D eigenvalue weighted by Crippen LogP contribution is 2.00. The van der Waals surface area contributed by atoms with E-state index in [9.17, 15) is 0 Å². The van der Waals surface area contributed by atoms with Gasteiger partial charge in [-0.05, 0) is 50.5 Å². The number of aromatic nitrogens is 3. The van der Waals surface area contributed by atoms with Crippen LogP contribution in [0.4, 0.5) is 0 Å². The summed E-state index contributed by atoms with van der Waals surface area (Å²) >= 11 is 0. The number of aryl methyl sites for hydroxylation is 4. The van der Waals surface area contributed by atoms with E-state index < -0.39 is 0 Å². The minimum absolute atomic E-state index is 0.891. The van der Waals surface area contributed by atoms with Crippen molar-refractivity contribution in [1.29, 1.82) is 0 Å². The summed E-state index contributed by atoms with van der Waals surface area (Å²) < 4.78 is 4.81. The summed E-state index contributed by atoms with van der Waals surface area (Å²) in [6, 6.07) is 13.9. The molecular formula is C20H27N3O. The Morgan fingerprint density at radius 2 is 1.25 bits per heavy atom. The van der Waals surface area contributed by atoms with E-state index >= 15 is 0 Å². The first kappa shape index (κ1) is 19.6. The third kappa shape index (κ3) is 8.22. The largest absolute Gasteiger partial charge is 0.361 e. The van der Waals surface area contributed by atoms with Gasteiger partial charge < -0.3 is 4.52 Å². The summed E-state index contributed by atoms with van der Waals surface area (Å²) in [6.07, 6.45) is 6.65. The normalized spacial score (nSPS) is 9.33. The molecule has 4 nitrogen and oxygen atoms in total. The maximum atomic E-state index is 4.81. The molecule has 0 radical (unpaired) electrons. The molecule has 3 heterocycles. The second kappa shape index (κ2) is 12.0. The summed E-state index contributed by atoms with van der Waals surface area (Å²) in [5.74, 6) is 0.891. The lowest BCUT2D eigenvalue weighted by Gasteiger charge is -1.88. The second-order valence-corrected chi connectivity index (χ2v) is 5.13. The van der Waals surface area contributed by atoms with Gasteiger partial charge in [0, 0.05) is 29.8 Å². The van der Waals surface area contributed by atoms with Crippen LogP contribution in [0.25, 0.3) is 0 Å². The first-order valence-corrected chi connectivity index (χ1v) is 8.41. The van der Waals surface area contributed by atoms with E-state index in [0.717, 1.165) is 42.1 Å². The van der Waals surface area contributed by atoms with E-state index in [1.54, 1.807) is 0 Å². The molecule has 0 aromatic carbocycles. The highest BCUT2D eigenvalue weighted by Gasteiger charge is 1.93. The number of hydrogen-bond donors (Lipinski definition) is 0. The van der Waals surface area contributed by atoms with Crippen molar-refractivity contribution in [3.05, 3.63) is 77.7 Å². The molecule has 3 rings (SSSR count). The number of rotatable bonds is 3.